The third kappa shape index (κ3) is 1.73. The number of amides is 1. The molecule has 0 unspecified atom stereocenters. The zero-order valence-electron chi connectivity index (χ0n) is 9.46. The second-order valence-electron chi connectivity index (χ2n) is 4.98. The van der Waals surface area contributed by atoms with Gasteiger partial charge >= 0.3 is 0 Å². The van der Waals surface area contributed by atoms with Crippen LogP contribution in [0.2, 0.25) is 0 Å². The highest BCUT2D eigenvalue weighted by molar-refractivity contribution is 5.99. The summed E-state index contributed by atoms with van der Waals surface area (Å²) >= 11 is 0. The Kier molecular flexibility index (Phi) is 2.43. The molecule has 2 heteroatoms. The maximum atomic E-state index is 11.3. The van der Waals surface area contributed by atoms with E-state index in [1.165, 1.54) is 37.7 Å². The van der Waals surface area contributed by atoms with Crippen LogP contribution in [-0.4, -0.2) is 5.91 Å². The zero-order valence-corrected chi connectivity index (χ0v) is 9.46. The van der Waals surface area contributed by atoms with E-state index < -0.39 is 0 Å². The first-order valence-corrected chi connectivity index (χ1v) is 6.25. The third-order valence-corrected chi connectivity index (χ3v) is 3.84. The minimum atomic E-state index is 0.135. The van der Waals surface area contributed by atoms with Gasteiger partial charge in [0.1, 0.15) is 0 Å². The molecule has 16 heavy (non-hydrogen) atoms. The Morgan fingerprint density at radius 2 is 1.94 bits per heavy atom. The first kappa shape index (κ1) is 9.88. The Hall–Kier alpha value is -1.31. The highest BCUT2D eigenvalue weighted by Gasteiger charge is 2.21. The van der Waals surface area contributed by atoms with Crippen molar-refractivity contribution >= 4 is 11.6 Å². The molecule has 3 rings (SSSR count). The molecule has 1 aromatic carbocycles. The van der Waals surface area contributed by atoms with E-state index in [-0.39, 0.29) is 5.91 Å². The van der Waals surface area contributed by atoms with Crippen molar-refractivity contribution in [1.29, 1.82) is 0 Å². The van der Waals surface area contributed by atoms with Gasteiger partial charge in [0.25, 0.3) is 0 Å². The Morgan fingerprint density at radius 1 is 1.12 bits per heavy atom. The summed E-state index contributed by atoms with van der Waals surface area (Å²) in [6, 6.07) is 6.53. The van der Waals surface area contributed by atoms with Gasteiger partial charge < -0.3 is 5.32 Å². The monoisotopic (exact) mass is 215 g/mol. The first-order valence-electron chi connectivity index (χ1n) is 6.25. The predicted molar refractivity (Wildman–Crippen MR) is 64.6 cm³/mol. The molecule has 0 bridgehead atoms. The smallest absolute Gasteiger partial charge is 0.228 e. The number of rotatable bonds is 1. The van der Waals surface area contributed by atoms with Crippen molar-refractivity contribution in [3.05, 3.63) is 29.3 Å². The van der Waals surface area contributed by atoms with Crippen LogP contribution >= 0.6 is 0 Å². The molecule has 1 aromatic rings. The standard InChI is InChI=1S/C14H17NO/c16-14-9-12-7-6-11(8-13(12)15-14)10-4-2-1-3-5-10/h6-8,10H,1-5,9H2,(H,15,16). The van der Waals surface area contributed by atoms with Gasteiger partial charge in [-0.25, -0.2) is 0 Å². The fraction of sp³-hybridized carbons (Fsp3) is 0.500. The van der Waals surface area contributed by atoms with E-state index in [1.54, 1.807) is 0 Å². The molecule has 0 atom stereocenters. The summed E-state index contributed by atoms with van der Waals surface area (Å²) in [5.41, 5.74) is 3.62. The first-order chi connectivity index (χ1) is 7.83. The van der Waals surface area contributed by atoms with Crippen molar-refractivity contribution in [3.8, 4) is 0 Å². The third-order valence-electron chi connectivity index (χ3n) is 3.84. The van der Waals surface area contributed by atoms with E-state index >= 15 is 0 Å². The Morgan fingerprint density at radius 3 is 2.75 bits per heavy atom. The van der Waals surface area contributed by atoms with Gasteiger partial charge in [-0.05, 0) is 36.0 Å². The number of carbonyl (C=O) groups is 1. The number of hydrogen-bond donors (Lipinski definition) is 1. The topological polar surface area (TPSA) is 29.1 Å². The van der Waals surface area contributed by atoms with Gasteiger partial charge in [-0.2, -0.15) is 0 Å². The summed E-state index contributed by atoms with van der Waals surface area (Å²) in [5, 5.41) is 2.94. The molecule has 1 aliphatic heterocycles. The largest absolute Gasteiger partial charge is 0.326 e. The van der Waals surface area contributed by atoms with E-state index in [0.29, 0.717) is 6.42 Å². The molecular weight excluding hydrogens is 198 g/mol. The summed E-state index contributed by atoms with van der Waals surface area (Å²) in [4.78, 5) is 11.3. The van der Waals surface area contributed by atoms with Gasteiger partial charge in [0, 0.05) is 5.69 Å². The number of carbonyl (C=O) groups excluding carboxylic acids is 1. The van der Waals surface area contributed by atoms with Crippen LogP contribution in [0.4, 0.5) is 5.69 Å². The fourth-order valence-corrected chi connectivity index (χ4v) is 2.92. The molecular formula is C14H17NO. The lowest BCUT2D eigenvalue weighted by atomic mass is 9.84. The number of fused-ring (bicyclic) bond motifs is 1. The fourth-order valence-electron chi connectivity index (χ4n) is 2.92. The molecule has 2 aliphatic rings. The molecule has 1 N–H and O–H groups in total. The average Bonchev–Trinajstić information content (AvgIpc) is 2.69. The lowest BCUT2D eigenvalue weighted by molar-refractivity contribution is -0.115. The number of nitrogens with one attached hydrogen (secondary N) is 1. The molecule has 1 heterocycles. The number of anilines is 1. The van der Waals surface area contributed by atoms with Crippen LogP contribution in [0, 0.1) is 0 Å². The van der Waals surface area contributed by atoms with E-state index in [2.05, 4.69) is 23.5 Å². The van der Waals surface area contributed by atoms with Gasteiger partial charge in [-0.1, -0.05) is 31.4 Å². The molecule has 0 saturated heterocycles. The summed E-state index contributed by atoms with van der Waals surface area (Å²) in [5.74, 6) is 0.854. The van der Waals surface area contributed by atoms with Crippen LogP contribution in [0.1, 0.15) is 49.1 Å². The van der Waals surface area contributed by atoms with Crippen molar-refractivity contribution in [1.82, 2.24) is 0 Å². The maximum absolute atomic E-state index is 11.3. The van der Waals surface area contributed by atoms with Crippen LogP contribution in [0.5, 0.6) is 0 Å². The predicted octanol–water partition coefficient (Wildman–Crippen LogP) is 3.23. The highest BCUT2D eigenvalue weighted by atomic mass is 16.1. The summed E-state index contributed by atoms with van der Waals surface area (Å²) in [6.07, 6.45) is 7.28. The summed E-state index contributed by atoms with van der Waals surface area (Å²) < 4.78 is 0. The molecule has 1 aliphatic carbocycles. The van der Waals surface area contributed by atoms with Gasteiger partial charge in [0.15, 0.2) is 0 Å². The minimum absolute atomic E-state index is 0.135. The van der Waals surface area contributed by atoms with Crippen molar-refractivity contribution in [3.63, 3.8) is 0 Å². The zero-order chi connectivity index (χ0) is 11.0. The Labute approximate surface area is 96.1 Å². The van der Waals surface area contributed by atoms with E-state index in [4.69, 9.17) is 0 Å². The quantitative estimate of drug-likeness (QED) is 0.765. The Bertz CT molecular complexity index is 419. The molecule has 0 aromatic heterocycles. The van der Waals surface area contributed by atoms with Crippen LogP contribution in [0.3, 0.4) is 0 Å². The normalized spacial score (nSPS) is 20.6. The molecule has 84 valence electrons. The highest BCUT2D eigenvalue weighted by Crippen LogP contribution is 2.35. The summed E-state index contributed by atoms with van der Waals surface area (Å²) in [7, 11) is 0. The molecule has 1 fully saturated rings. The SMILES string of the molecule is O=C1Cc2ccc(C3CCCCC3)cc2N1. The van der Waals surface area contributed by atoms with Crippen molar-refractivity contribution in [2.45, 2.75) is 44.4 Å². The molecule has 2 nitrogen and oxygen atoms in total. The van der Waals surface area contributed by atoms with Gasteiger partial charge in [-0.15, -0.1) is 0 Å². The lowest BCUT2D eigenvalue weighted by Crippen LogP contribution is -2.05. The molecule has 1 saturated carbocycles. The van der Waals surface area contributed by atoms with Crippen LogP contribution in [0.25, 0.3) is 0 Å². The van der Waals surface area contributed by atoms with Crippen LogP contribution < -0.4 is 5.32 Å². The van der Waals surface area contributed by atoms with E-state index in [0.717, 1.165) is 17.2 Å². The van der Waals surface area contributed by atoms with E-state index in [9.17, 15) is 4.79 Å². The van der Waals surface area contributed by atoms with Gasteiger partial charge in [-0.3, -0.25) is 4.79 Å². The van der Waals surface area contributed by atoms with Crippen LogP contribution in [0.15, 0.2) is 18.2 Å². The number of benzene rings is 1. The van der Waals surface area contributed by atoms with Crippen molar-refractivity contribution < 1.29 is 4.79 Å². The second kappa shape index (κ2) is 3.93. The maximum Gasteiger partial charge on any atom is 0.228 e. The molecule has 0 spiro atoms. The van der Waals surface area contributed by atoms with Gasteiger partial charge in [0.2, 0.25) is 5.91 Å². The van der Waals surface area contributed by atoms with Crippen molar-refractivity contribution in [2.75, 3.05) is 5.32 Å². The van der Waals surface area contributed by atoms with Gasteiger partial charge in [0.05, 0.1) is 6.42 Å². The average molecular weight is 215 g/mol. The van der Waals surface area contributed by atoms with E-state index in [1.807, 2.05) is 0 Å². The second-order valence-corrected chi connectivity index (χ2v) is 4.98. The van der Waals surface area contributed by atoms with Crippen molar-refractivity contribution in [2.24, 2.45) is 0 Å². The minimum Gasteiger partial charge on any atom is -0.326 e. The Balaban J connectivity index is 1.86. The molecule has 1 amide bonds. The lowest BCUT2D eigenvalue weighted by Gasteiger charge is -2.22. The molecule has 0 radical (unpaired) electrons. The number of hydrogen-bond acceptors (Lipinski definition) is 1. The summed E-state index contributed by atoms with van der Waals surface area (Å²) in [6.45, 7) is 0. The van der Waals surface area contributed by atoms with Crippen LogP contribution in [-0.2, 0) is 11.2 Å².